The van der Waals surface area contributed by atoms with Gasteiger partial charge in [-0.05, 0) is 30.9 Å². The molecule has 1 aliphatic heterocycles. The van der Waals surface area contributed by atoms with Crippen molar-refractivity contribution in [3.05, 3.63) is 23.8 Å². The Balaban J connectivity index is 0.00000242. The molecule has 0 spiro atoms. The van der Waals surface area contributed by atoms with Crippen molar-refractivity contribution in [2.75, 3.05) is 23.6 Å². The lowest BCUT2D eigenvalue weighted by Gasteiger charge is -2.14. The van der Waals surface area contributed by atoms with E-state index in [1.165, 1.54) is 0 Å². The van der Waals surface area contributed by atoms with E-state index in [4.69, 9.17) is 4.74 Å². The molecule has 4 nitrogen and oxygen atoms in total. The van der Waals surface area contributed by atoms with Gasteiger partial charge >= 0.3 is 0 Å². The zero-order valence-corrected chi connectivity index (χ0v) is 15.0. The van der Waals surface area contributed by atoms with Gasteiger partial charge in [0.15, 0.2) is 0 Å². The van der Waals surface area contributed by atoms with Gasteiger partial charge in [-0.15, -0.1) is 24.2 Å². The average molecular weight is 345 g/mol. The molecule has 1 unspecified atom stereocenters. The fourth-order valence-electron chi connectivity index (χ4n) is 2.03. The normalized spacial score (nSPS) is 17.2. The number of carbonyl (C=O) groups excluding carboxylic acids is 1. The molecule has 0 aromatic heterocycles. The van der Waals surface area contributed by atoms with E-state index in [-0.39, 0.29) is 24.4 Å². The van der Waals surface area contributed by atoms with Crippen LogP contribution < -0.4 is 15.4 Å². The first kappa shape index (κ1) is 19.1. The highest BCUT2D eigenvalue weighted by molar-refractivity contribution is 7.99. The minimum atomic E-state index is -0.0957. The third kappa shape index (κ3) is 5.71. The van der Waals surface area contributed by atoms with Crippen molar-refractivity contribution in [3.63, 3.8) is 0 Å². The summed E-state index contributed by atoms with van der Waals surface area (Å²) in [5.41, 5.74) is 1.88. The quantitative estimate of drug-likeness (QED) is 0.830. The molecule has 1 atom stereocenters. The summed E-state index contributed by atoms with van der Waals surface area (Å²) in [6.07, 6.45) is 1.03. The fraction of sp³-hybridized carbons (Fsp3) is 0.562. The molecular formula is C16H25ClN2O2S. The Morgan fingerprint density at radius 3 is 2.91 bits per heavy atom. The van der Waals surface area contributed by atoms with E-state index < -0.39 is 0 Å². The Labute approximate surface area is 143 Å². The van der Waals surface area contributed by atoms with E-state index in [1.54, 1.807) is 11.8 Å². The standard InChI is InChI=1S/C16H24N2O2S.ClH/c1-11(2)6-7-20-15-8-13(5-4-12(15)3)18-16(19)14-9-21-10-17-14;/h4-5,8,11,14,17H,6-7,9-10H2,1-3H3,(H,18,19);1H. The summed E-state index contributed by atoms with van der Waals surface area (Å²) < 4.78 is 5.82. The average Bonchev–Trinajstić information content (AvgIpc) is 2.96. The van der Waals surface area contributed by atoms with Crippen LogP contribution in [-0.4, -0.2) is 30.2 Å². The lowest BCUT2D eigenvalue weighted by molar-refractivity contribution is -0.117. The topological polar surface area (TPSA) is 50.4 Å². The largest absolute Gasteiger partial charge is 0.493 e. The zero-order chi connectivity index (χ0) is 15.2. The van der Waals surface area contributed by atoms with Crippen LogP contribution in [0, 0.1) is 12.8 Å². The molecule has 0 aliphatic carbocycles. The molecule has 124 valence electrons. The van der Waals surface area contributed by atoms with Crippen LogP contribution in [0.25, 0.3) is 0 Å². The first-order chi connectivity index (χ1) is 10.1. The molecule has 2 rings (SSSR count). The number of hydrogen-bond acceptors (Lipinski definition) is 4. The van der Waals surface area contributed by atoms with Crippen molar-refractivity contribution >= 4 is 35.8 Å². The lowest BCUT2D eigenvalue weighted by Crippen LogP contribution is -2.37. The Morgan fingerprint density at radius 2 is 2.27 bits per heavy atom. The van der Waals surface area contributed by atoms with Crippen molar-refractivity contribution in [1.29, 1.82) is 0 Å². The van der Waals surface area contributed by atoms with Crippen molar-refractivity contribution in [1.82, 2.24) is 5.32 Å². The van der Waals surface area contributed by atoms with Gasteiger partial charge in [0.1, 0.15) is 5.75 Å². The monoisotopic (exact) mass is 344 g/mol. The van der Waals surface area contributed by atoms with Crippen LogP contribution in [0.4, 0.5) is 5.69 Å². The maximum atomic E-state index is 12.1. The van der Waals surface area contributed by atoms with Gasteiger partial charge in [0.2, 0.25) is 5.91 Å². The van der Waals surface area contributed by atoms with E-state index in [1.807, 2.05) is 25.1 Å². The van der Waals surface area contributed by atoms with Crippen molar-refractivity contribution in [2.45, 2.75) is 33.2 Å². The zero-order valence-electron chi connectivity index (χ0n) is 13.3. The second-order valence-electron chi connectivity index (χ2n) is 5.77. The fourth-order valence-corrected chi connectivity index (χ4v) is 2.97. The molecule has 1 fully saturated rings. The third-order valence-corrected chi connectivity index (χ3v) is 4.38. The SMILES string of the molecule is Cc1ccc(NC(=O)C2CSCN2)cc1OCCC(C)C.Cl. The van der Waals surface area contributed by atoms with Gasteiger partial charge in [0.25, 0.3) is 0 Å². The number of benzene rings is 1. The number of aryl methyl sites for hydroxylation is 1. The summed E-state index contributed by atoms with van der Waals surface area (Å²) in [4.78, 5) is 12.1. The number of ether oxygens (including phenoxy) is 1. The highest BCUT2D eigenvalue weighted by atomic mass is 35.5. The molecule has 0 radical (unpaired) electrons. The Morgan fingerprint density at radius 1 is 1.50 bits per heavy atom. The Kier molecular flexibility index (Phi) is 8.07. The minimum absolute atomic E-state index is 0. The van der Waals surface area contributed by atoms with E-state index in [0.29, 0.717) is 12.5 Å². The summed E-state index contributed by atoms with van der Waals surface area (Å²) in [5, 5.41) is 6.12. The Hall–Kier alpha value is -0.910. The molecule has 1 aliphatic rings. The summed E-state index contributed by atoms with van der Waals surface area (Å²) in [7, 11) is 0. The molecule has 0 bridgehead atoms. The van der Waals surface area contributed by atoms with Crippen LogP contribution in [-0.2, 0) is 4.79 Å². The summed E-state index contributed by atoms with van der Waals surface area (Å²) in [5.74, 6) is 3.17. The van der Waals surface area contributed by atoms with Gasteiger partial charge in [-0.3, -0.25) is 10.1 Å². The smallest absolute Gasteiger partial charge is 0.242 e. The highest BCUT2D eigenvalue weighted by Gasteiger charge is 2.22. The van der Waals surface area contributed by atoms with E-state index in [0.717, 1.165) is 35.1 Å². The number of carbonyl (C=O) groups is 1. The summed E-state index contributed by atoms with van der Waals surface area (Å²) in [6, 6.07) is 5.72. The molecule has 1 aromatic carbocycles. The van der Waals surface area contributed by atoms with Crippen molar-refractivity contribution < 1.29 is 9.53 Å². The van der Waals surface area contributed by atoms with Gasteiger partial charge in [-0.1, -0.05) is 19.9 Å². The number of thioether (sulfide) groups is 1. The summed E-state index contributed by atoms with van der Waals surface area (Å²) in [6.45, 7) is 7.08. The number of amides is 1. The Bertz CT molecular complexity index is 491. The van der Waals surface area contributed by atoms with Gasteiger partial charge in [0, 0.05) is 23.4 Å². The lowest BCUT2D eigenvalue weighted by atomic mass is 10.1. The number of halogens is 1. The van der Waals surface area contributed by atoms with Crippen LogP contribution in [0.1, 0.15) is 25.8 Å². The van der Waals surface area contributed by atoms with E-state index in [2.05, 4.69) is 24.5 Å². The molecule has 6 heteroatoms. The van der Waals surface area contributed by atoms with Gasteiger partial charge < -0.3 is 10.1 Å². The number of nitrogens with one attached hydrogen (secondary N) is 2. The molecular weight excluding hydrogens is 320 g/mol. The van der Waals surface area contributed by atoms with Crippen LogP contribution in [0.5, 0.6) is 5.75 Å². The predicted octanol–water partition coefficient (Wildman–Crippen LogP) is 3.44. The van der Waals surface area contributed by atoms with Gasteiger partial charge in [0.05, 0.1) is 12.6 Å². The molecule has 1 aromatic rings. The van der Waals surface area contributed by atoms with Crippen LogP contribution in [0.3, 0.4) is 0 Å². The first-order valence-corrected chi connectivity index (χ1v) is 8.57. The van der Waals surface area contributed by atoms with Crippen LogP contribution >= 0.6 is 24.2 Å². The second kappa shape index (κ2) is 9.28. The highest BCUT2D eigenvalue weighted by Crippen LogP contribution is 2.23. The van der Waals surface area contributed by atoms with Gasteiger partial charge in [-0.2, -0.15) is 0 Å². The van der Waals surface area contributed by atoms with Crippen LogP contribution in [0.2, 0.25) is 0 Å². The molecule has 22 heavy (non-hydrogen) atoms. The predicted molar refractivity (Wildman–Crippen MR) is 96.3 cm³/mol. The van der Waals surface area contributed by atoms with Gasteiger partial charge in [-0.25, -0.2) is 0 Å². The molecule has 0 saturated carbocycles. The minimum Gasteiger partial charge on any atom is -0.493 e. The van der Waals surface area contributed by atoms with E-state index >= 15 is 0 Å². The molecule has 1 heterocycles. The van der Waals surface area contributed by atoms with Crippen molar-refractivity contribution in [2.24, 2.45) is 5.92 Å². The van der Waals surface area contributed by atoms with Crippen LogP contribution in [0.15, 0.2) is 18.2 Å². The third-order valence-electron chi connectivity index (χ3n) is 3.44. The maximum absolute atomic E-state index is 12.1. The number of rotatable bonds is 6. The second-order valence-corrected chi connectivity index (χ2v) is 6.80. The number of hydrogen-bond donors (Lipinski definition) is 2. The number of anilines is 1. The molecule has 2 N–H and O–H groups in total. The molecule has 1 saturated heterocycles. The van der Waals surface area contributed by atoms with E-state index in [9.17, 15) is 4.79 Å². The summed E-state index contributed by atoms with van der Waals surface area (Å²) >= 11 is 1.74. The first-order valence-electron chi connectivity index (χ1n) is 7.41. The molecule has 1 amide bonds. The van der Waals surface area contributed by atoms with Crippen molar-refractivity contribution in [3.8, 4) is 5.75 Å². The maximum Gasteiger partial charge on any atom is 0.242 e.